The Balaban J connectivity index is 1.71. The second-order valence-corrected chi connectivity index (χ2v) is 7.05. The SMILES string of the molecule is CCC1CCCCN1C(=O)Nc1ccc2c(c1)C(=O)N(CCCOC)C2=O. The molecule has 0 saturated carbocycles. The standard InChI is InChI=1S/C20H27N3O4/c1-3-15-7-4-5-10-22(15)20(26)21-14-8-9-16-17(13-14)19(25)23(18(16)24)11-6-12-27-2/h8-9,13,15H,3-7,10-12H2,1-2H3,(H,21,26). The Morgan fingerprint density at radius 3 is 2.74 bits per heavy atom. The number of methoxy groups -OCH3 is 1. The fourth-order valence-electron chi connectivity index (χ4n) is 3.83. The number of fused-ring (bicyclic) bond motifs is 1. The maximum atomic E-state index is 12.7. The van der Waals surface area contributed by atoms with Crippen LogP contribution in [0.3, 0.4) is 0 Å². The molecule has 1 fully saturated rings. The number of urea groups is 1. The summed E-state index contributed by atoms with van der Waals surface area (Å²) in [4.78, 5) is 40.8. The third kappa shape index (κ3) is 3.98. The summed E-state index contributed by atoms with van der Waals surface area (Å²) >= 11 is 0. The quantitative estimate of drug-likeness (QED) is 0.614. The molecule has 7 nitrogen and oxygen atoms in total. The van der Waals surface area contributed by atoms with Crippen LogP contribution in [0.5, 0.6) is 0 Å². The van der Waals surface area contributed by atoms with Crippen LogP contribution in [-0.4, -0.2) is 60.5 Å². The van der Waals surface area contributed by atoms with Crippen molar-refractivity contribution in [3.63, 3.8) is 0 Å². The van der Waals surface area contributed by atoms with Crippen LogP contribution in [0.4, 0.5) is 10.5 Å². The molecule has 7 heteroatoms. The summed E-state index contributed by atoms with van der Waals surface area (Å²) < 4.78 is 4.99. The molecule has 27 heavy (non-hydrogen) atoms. The molecule has 1 unspecified atom stereocenters. The van der Waals surface area contributed by atoms with Crippen LogP contribution >= 0.6 is 0 Å². The molecule has 0 radical (unpaired) electrons. The number of carbonyl (C=O) groups is 3. The predicted octanol–water partition coefficient (Wildman–Crippen LogP) is 3.12. The van der Waals surface area contributed by atoms with Gasteiger partial charge in [0, 0.05) is 38.5 Å². The highest BCUT2D eigenvalue weighted by molar-refractivity contribution is 6.21. The van der Waals surface area contributed by atoms with E-state index in [1.165, 1.54) is 4.90 Å². The third-order valence-corrected chi connectivity index (χ3v) is 5.31. The van der Waals surface area contributed by atoms with Gasteiger partial charge in [0.25, 0.3) is 11.8 Å². The van der Waals surface area contributed by atoms with Gasteiger partial charge in [0.15, 0.2) is 0 Å². The van der Waals surface area contributed by atoms with Gasteiger partial charge in [0.2, 0.25) is 0 Å². The molecule has 1 aromatic carbocycles. The minimum Gasteiger partial charge on any atom is -0.385 e. The van der Waals surface area contributed by atoms with E-state index in [0.29, 0.717) is 36.4 Å². The van der Waals surface area contributed by atoms with Crippen molar-refractivity contribution in [2.45, 2.75) is 45.1 Å². The van der Waals surface area contributed by atoms with Crippen molar-refractivity contribution in [2.24, 2.45) is 0 Å². The van der Waals surface area contributed by atoms with E-state index >= 15 is 0 Å². The zero-order valence-corrected chi connectivity index (χ0v) is 16.0. The van der Waals surface area contributed by atoms with Crippen molar-refractivity contribution in [1.82, 2.24) is 9.80 Å². The van der Waals surface area contributed by atoms with E-state index in [4.69, 9.17) is 4.74 Å². The maximum Gasteiger partial charge on any atom is 0.322 e. The van der Waals surface area contributed by atoms with Gasteiger partial charge < -0.3 is 15.0 Å². The zero-order valence-electron chi connectivity index (χ0n) is 16.0. The lowest BCUT2D eigenvalue weighted by Crippen LogP contribution is -2.45. The number of piperidine rings is 1. The second kappa shape index (κ2) is 8.52. The summed E-state index contributed by atoms with van der Waals surface area (Å²) in [5, 5.41) is 2.89. The Bertz CT molecular complexity index is 734. The van der Waals surface area contributed by atoms with E-state index in [1.54, 1.807) is 25.3 Å². The van der Waals surface area contributed by atoms with Crippen molar-refractivity contribution < 1.29 is 19.1 Å². The largest absolute Gasteiger partial charge is 0.385 e. The lowest BCUT2D eigenvalue weighted by Gasteiger charge is -2.35. The average Bonchev–Trinajstić information content (AvgIpc) is 2.92. The summed E-state index contributed by atoms with van der Waals surface area (Å²) in [6.45, 7) is 3.66. The molecule has 0 spiro atoms. The first-order valence-corrected chi connectivity index (χ1v) is 9.63. The van der Waals surface area contributed by atoms with Crippen molar-refractivity contribution in [1.29, 1.82) is 0 Å². The van der Waals surface area contributed by atoms with Crippen LogP contribution in [0, 0.1) is 0 Å². The molecule has 0 aromatic heterocycles. The van der Waals surface area contributed by atoms with E-state index in [-0.39, 0.29) is 23.9 Å². The summed E-state index contributed by atoms with van der Waals surface area (Å²) in [5.74, 6) is -0.599. The molecule has 1 N–H and O–H groups in total. The number of likely N-dealkylation sites (tertiary alicyclic amines) is 1. The highest BCUT2D eigenvalue weighted by Crippen LogP contribution is 2.27. The summed E-state index contributed by atoms with van der Waals surface area (Å²) in [5.41, 5.74) is 1.28. The molecule has 4 amide bonds. The van der Waals surface area contributed by atoms with Crippen LogP contribution in [-0.2, 0) is 4.74 Å². The minimum absolute atomic E-state index is 0.143. The van der Waals surface area contributed by atoms with Crippen LogP contribution in [0.2, 0.25) is 0 Å². The van der Waals surface area contributed by atoms with Crippen LogP contribution in [0.25, 0.3) is 0 Å². The van der Waals surface area contributed by atoms with Gasteiger partial charge in [-0.3, -0.25) is 14.5 Å². The number of hydrogen-bond donors (Lipinski definition) is 1. The third-order valence-electron chi connectivity index (χ3n) is 5.31. The normalized spacial score (nSPS) is 19.4. The zero-order chi connectivity index (χ0) is 19.4. The second-order valence-electron chi connectivity index (χ2n) is 7.05. The lowest BCUT2D eigenvalue weighted by atomic mass is 10.0. The van der Waals surface area contributed by atoms with Gasteiger partial charge in [-0.2, -0.15) is 0 Å². The summed E-state index contributed by atoms with van der Waals surface area (Å²) in [7, 11) is 1.59. The average molecular weight is 373 g/mol. The molecule has 2 aliphatic heterocycles. The Hall–Kier alpha value is -2.41. The van der Waals surface area contributed by atoms with Gasteiger partial charge in [-0.15, -0.1) is 0 Å². The number of anilines is 1. The highest BCUT2D eigenvalue weighted by atomic mass is 16.5. The molecular weight excluding hydrogens is 346 g/mol. The topological polar surface area (TPSA) is 79.0 Å². The first kappa shape index (κ1) is 19.4. The Kier molecular flexibility index (Phi) is 6.11. The number of nitrogens with one attached hydrogen (secondary N) is 1. The number of ether oxygens (including phenoxy) is 1. The van der Waals surface area contributed by atoms with E-state index in [2.05, 4.69) is 12.2 Å². The van der Waals surface area contributed by atoms with Gasteiger partial charge in [-0.1, -0.05) is 6.92 Å². The van der Waals surface area contributed by atoms with Crippen LogP contribution < -0.4 is 5.32 Å². The lowest BCUT2D eigenvalue weighted by molar-refractivity contribution is 0.0638. The monoisotopic (exact) mass is 373 g/mol. The van der Waals surface area contributed by atoms with Crippen LogP contribution in [0.15, 0.2) is 18.2 Å². The Morgan fingerprint density at radius 1 is 1.22 bits per heavy atom. The number of nitrogens with zero attached hydrogens (tertiary/aromatic N) is 2. The van der Waals surface area contributed by atoms with E-state index in [1.807, 2.05) is 4.90 Å². The summed E-state index contributed by atoms with van der Waals surface area (Å²) in [6, 6.07) is 5.03. The van der Waals surface area contributed by atoms with Gasteiger partial charge in [-0.25, -0.2) is 4.79 Å². The van der Waals surface area contributed by atoms with Crippen molar-refractivity contribution in [2.75, 3.05) is 32.1 Å². The van der Waals surface area contributed by atoms with Crippen molar-refractivity contribution in [3.05, 3.63) is 29.3 Å². The van der Waals surface area contributed by atoms with Gasteiger partial charge in [0.05, 0.1) is 11.1 Å². The maximum absolute atomic E-state index is 12.7. The molecule has 146 valence electrons. The van der Waals surface area contributed by atoms with E-state index < -0.39 is 0 Å². The van der Waals surface area contributed by atoms with Crippen molar-refractivity contribution in [3.8, 4) is 0 Å². The summed E-state index contributed by atoms with van der Waals surface area (Å²) in [6.07, 6.45) is 4.71. The molecular formula is C20H27N3O4. The smallest absolute Gasteiger partial charge is 0.322 e. The molecule has 0 aliphatic carbocycles. The Morgan fingerprint density at radius 2 is 2.00 bits per heavy atom. The molecule has 3 rings (SSSR count). The molecule has 2 aliphatic rings. The predicted molar refractivity (Wildman–Crippen MR) is 102 cm³/mol. The minimum atomic E-state index is -0.313. The number of benzene rings is 1. The fourth-order valence-corrected chi connectivity index (χ4v) is 3.83. The molecule has 1 aromatic rings. The number of rotatable bonds is 6. The van der Waals surface area contributed by atoms with Crippen molar-refractivity contribution >= 4 is 23.5 Å². The molecule has 0 bridgehead atoms. The van der Waals surface area contributed by atoms with Gasteiger partial charge in [0.1, 0.15) is 0 Å². The van der Waals surface area contributed by atoms with Crippen LogP contribution in [0.1, 0.15) is 59.7 Å². The molecule has 2 heterocycles. The number of hydrogen-bond acceptors (Lipinski definition) is 4. The van der Waals surface area contributed by atoms with E-state index in [9.17, 15) is 14.4 Å². The number of imide groups is 1. The fraction of sp³-hybridized carbons (Fsp3) is 0.550. The molecule has 1 atom stereocenters. The van der Waals surface area contributed by atoms with Gasteiger partial charge >= 0.3 is 6.03 Å². The number of amides is 4. The molecule has 1 saturated heterocycles. The van der Waals surface area contributed by atoms with Gasteiger partial charge in [-0.05, 0) is 50.3 Å². The number of carbonyl (C=O) groups excluding carboxylic acids is 3. The highest BCUT2D eigenvalue weighted by Gasteiger charge is 2.35. The van der Waals surface area contributed by atoms with E-state index in [0.717, 1.165) is 32.2 Å². The first-order valence-electron chi connectivity index (χ1n) is 9.63. The first-order chi connectivity index (χ1) is 13.1. The Labute approximate surface area is 159 Å².